The molecule has 166 valence electrons. The Morgan fingerprint density at radius 3 is 2.45 bits per heavy atom. The first-order valence-electron chi connectivity index (χ1n) is 11.2. The van der Waals surface area contributed by atoms with Gasteiger partial charge in [-0.2, -0.15) is 0 Å². The van der Waals surface area contributed by atoms with Gasteiger partial charge in [-0.3, -0.25) is 9.59 Å². The minimum Gasteiger partial charge on any atom is -0.375 e. The third kappa shape index (κ3) is 3.69. The van der Waals surface area contributed by atoms with Gasteiger partial charge in [0.05, 0.1) is 18.2 Å². The van der Waals surface area contributed by atoms with Crippen molar-refractivity contribution in [3.8, 4) is 0 Å². The molecule has 3 aromatic rings. The largest absolute Gasteiger partial charge is 0.375 e. The molecule has 1 heterocycles. The first-order valence-corrected chi connectivity index (χ1v) is 11.5. The second-order valence-electron chi connectivity index (χ2n) is 8.66. The van der Waals surface area contributed by atoms with E-state index in [0.29, 0.717) is 34.7 Å². The Balaban J connectivity index is 1.53. The lowest BCUT2D eigenvalue weighted by molar-refractivity contribution is -0.150. The van der Waals surface area contributed by atoms with Gasteiger partial charge in [-0.1, -0.05) is 78.3 Å². The maximum absolute atomic E-state index is 13.8. The van der Waals surface area contributed by atoms with Crippen molar-refractivity contribution < 1.29 is 14.7 Å². The fraction of sp³-hybridized carbons (Fsp3) is 0.214. The van der Waals surface area contributed by atoms with Crippen molar-refractivity contribution in [3.63, 3.8) is 0 Å². The molecule has 0 bridgehead atoms. The van der Waals surface area contributed by atoms with Crippen LogP contribution in [0.1, 0.15) is 36.0 Å². The number of aliphatic hydroxyl groups is 1. The summed E-state index contributed by atoms with van der Waals surface area (Å²) in [5.74, 6) is -1.45. The van der Waals surface area contributed by atoms with E-state index in [1.165, 1.54) is 0 Å². The van der Waals surface area contributed by atoms with Crippen LogP contribution in [0.5, 0.6) is 0 Å². The Morgan fingerprint density at radius 1 is 0.970 bits per heavy atom. The fourth-order valence-corrected chi connectivity index (χ4v) is 5.21. The number of rotatable bonds is 4. The van der Waals surface area contributed by atoms with Crippen LogP contribution in [0, 0.1) is 5.92 Å². The molecule has 1 amide bonds. The number of amides is 1. The third-order valence-electron chi connectivity index (χ3n) is 6.68. The van der Waals surface area contributed by atoms with E-state index in [4.69, 9.17) is 11.6 Å². The highest BCUT2D eigenvalue weighted by Gasteiger charge is 2.57. The molecule has 0 spiro atoms. The van der Waals surface area contributed by atoms with Gasteiger partial charge in [0.1, 0.15) is 0 Å². The number of allylic oxidation sites excluding steroid dienone is 1. The minimum atomic E-state index is -1.90. The topological polar surface area (TPSA) is 57.6 Å². The molecule has 1 fully saturated rings. The van der Waals surface area contributed by atoms with Crippen LogP contribution < -0.4 is 4.90 Å². The Labute approximate surface area is 198 Å². The Kier molecular flexibility index (Phi) is 5.65. The van der Waals surface area contributed by atoms with Crippen LogP contribution >= 0.6 is 11.6 Å². The number of hydrogen-bond acceptors (Lipinski definition) is 3. The summed E-state index contributed by atoms with van der Waals surface area (Å²) in [5, 5.41) is 12.5. The van der Waals surface area contributed by atoms with Gasteiger partial charge in [-0.05, 0) is 54.2 Å². The van der Waals surface area contributed by atoms with Gasteiger partial charge >= 0.3 is 0 Å². The molecule has 3 aromatic carbocycles. The molecule has 1 N–H and O–H groups in total. The van der Waals surface area contributed by atoms with Crippen LogP contribution in [0.2, 0.25) is 5.02 Å². The quantitative estimate of drug-likeness (QED) is 0.524. The number of ketones is 1. The summed E-state index contributed by atoms with van der Waals surface area (Å²) in [6.07, 6.45) is 3.71. The van der Waals surface area contributed by atoms with Gasteiger partial charge in [0.25, 0.3) is 5.91 Å². The highest BCUT2D eigenvalue weighted by molar-refractivity contribution is 6.31. The predicted octanol–water partition coefficient (Wildman–Crippen LogP) is 5.53. The van der Waals surface area contributed by atoms with Crippen LogP contribution in [0.3, 0.4) is 0 Å². The highest BCUT2D eigenvalue weighted by Crippen LogP contribution is 2.49. The molecule has 1 aliphatic carbocycles. The maximum atomic E-state index is 13.8. The zero-order chi connectivity index (χ0) is 23.0. The summed E-state index contributed by atoms with van der Waals surface area (Å²) in [4.78, 5) is 28.9. The molecule has 0 radical (unpaired) electrons. The number of hydrogen-bond donors (Lipinski definition) is 1. The van der Waals surface area contributed by atoms with Gasteiger partial charge in [0, 0.05) is 10.6 Å². The predicted molar refractivity (Wildman–Crippen MR) is 130 cm³/mol. The standard InChI is InChI=1S/C28H24ClNO3/c29-24-15-6-4-11-21(24)18-30-25-16-7-5-13-22(25)28(33,27(30)32)23-14-8-12-20(26(23)31)17-19-9-2-1-3-10-19/h1-7,9-11,13,15-17,23,33H,8,12,14,18H2/b20-17+. The summed E-state index contributed by atoms with van der Waals surface area (Å²) in [5.41, 5.74) is 1.59. The molecule has 2 aliphatic rings. The Hall–Kier alpha value is -3.21. The van der Waals surface area contributed by atoms with Crippen molar-refractivity contribution >= 4 is 35.1 Å². The normalized spacial score (nSPS) is 23.8. The van der Waals surface area contributed by atoms with Crippen molar-refractivity contribution in [2.24, 2.45) is 5.92 Å². The molecule has 5 heteroatoms. The summed E-state index contributed by atoms with van der Waals surface area (Å²) < 4.78 is 0. The number of carbonyl (C=O) groups is 2. The van der Waals surface area contributed by atoms with E-state index in [1.54, 1.807) is 23.1 Å². The average molecular weight is 458 g/mol. The van der Waals surface area contributed by atoms with Crippen molar-refractivity contribution in [2.75, 3.05) is 4.90 Å². The number of benzene rings is 3. The summed E-state index contributed by atoms with van der Waals surface area (Å²) in [6, 6.07) is 24.2. The number of carbonyl (C=O) groups excluding carboxylic acids is 2. The highest BCUT2D eigenvalue weighted by atomic mass is 35.5. The summed E-state index contributed by atoms with van der Waals surface area (Å²) >= 11 is 6.35. The lowest BCUT2D eigenvalue weighted by Crippen LogP contribution is -2.49. The van der Waals surface area contributed by atoms with Crippen LogP contribution in [-0.4, -0.2) is 16.8 Å². The van der Waals surface area contributed by atoms with Crippen LogP contribution in [0.15, 0.2) is 84.4 Å². The van der Waals surface area contributed by atoms with Crippen LogP contribution in [-0.2, 0) is 21.7 Å². The third-order valence-corrected chi connectivity index (χ3v) is 7.05. The second-order valence-corrected chi connectivity index (χ2v) is 9.06. The smallest absolute Gasteiger partial charge is 0.264 e. The number of halogens is 1. The maximum Gasteiger partial charge on any atom is 0.264 e. The molecular weight excluding hydrogens is 434 g/mol. The second kappa shape index (κ2) is 8.62. The van der Waals surface area contributed by atoms with Gasteiger partial charge in [-0.15, -0.1) is 0 Å². The average Bonchev–Trinajstić information content (AvgIpc) is 3.05. The van der Waals surface area contributed by atoms with E-state index in [9.17, 15) is 14.7 Å². The number of fused-ring (bicyclic) bond motifs is 1. The van der Waals surface area contributed by atoms with Crippen molar-refractivity contribution in [2.45, 2.75) is 31.4 Å². The SMILES string of the molecule is O=C1/C(=C/c2ccccc2)CCCC1C1(O)C(=O)N(Cc2ccccc2Cl)c2ccccc21. The van der Waals surface area contributed by atoms with E-state index in [2.05, 4.69) is 0 Å². The summed E-state index contributed by atoms with van der Waals surface area (Å²) in [7, 11) is 0. The Morgan fingerprint density at radius 2 is 1.67 bits per heavy atom. The number of anilines is 1. The zero-order valence-electron chi connectivity index (χ0n) is 18.1. The lowest BCUT2D eigenvalue weighted by Gasteiger charge is -2.34. The van der Waals surface area contributed by atoms with Crippen molar-refractivity contribution in [3.05, 3.63) is 106 Å². The van der Waals surface area contributed by atoms with Crippen molar-refractivity contribution in [1.82, 2.24) is 0 Å². The molecule has 33 heavy (non-hydrogen) atoms. The molecule has 0 aromatic heterocycles. The van der Waals surface area contributed by atoms with Gasteiger partial charge < -0.3 is 10.0 Å². The van der Waals surface area contributed by atoms with E-state index < -0.39 is 17.4 Å². The first-order chi connectivity index (χ1) is 16.0. The number of Topliss-reactive ketones (excluding diaryl/α,β-unsaturated/α-hetero) is 1. The number of para-hydroxylation sites is 1. The first kappa shape index (κ1) is 21.6. The molecule has 1 saturated carbocycles. The molecule has 2 atom stereocenters. The van der Waals surface area contributed by atoms with Gasteiger partial charge in [0.2, 0.25) is 0 Å². The van der Waals surface area contributed by atoms with E-state index in [1.807, 2.05) is 66.7 Å². The lowest BCUT2D eigenvalue weighted by atomic mass is 9.71. The monoisotopic (exact) mass is 457 g/mol. The minimum absolute atomic E-state index is 0.157. The molecule has 5 rings (SSSR count). The zero-order valence-corrected chi connectivity index (χ0v) is 18.8. The van der Waals surface area contributed by atoms with Crippen molar-refractivity contribution in [1.29, 1.82) is 0 Å². The van der Waals surface area contributed by atoms with Crippen LogP contribution in [0.25, 0.3) is 6.08 Å². The number of nitrogens with zero attached hydrogens (tertiary/aromatic N) is 1. The van der Waals surface area contributed by atoms with Gasteiger partial charge in [-0.25, -0.2) is 0 Å². The van der Waals surface area contributed by atoms with E-state index in [-0.39, 0.29) is 12.3 Å². The summed E-state index contributed by atoms with van der Waals surface area (Å²) in [6.45, 7) is 0.228. The molecular formula is C28H24ClNO3. The Bertz CT molecular complexity index is 1250. The van der Waals surface area contributed by atoms with Crippen LogP contribution in [0.4, 0.5) is 5.69 Å². The molecule has 2 unspecified atom stereocenters. The fourth-order valence-electron chi connectivity index (χ4n) is 5.02. The molecule has 0 saturated heterocycles. The van der Waals surface area contributed by atoms with E-state index in [0.717, 1.165) is 17.5 Å². The molecule has 1 aliphatic heterocycles. The molecule has 4 nitrogen and oxygen atoms in total. The van der Waals surface area contributed by atoms with E-state index >= 15 is 0 Å². The van der Waals surface area contributed by atoms with Gasteiger partial charge in [0.15, 0.2) is 11.4 Å².